The quantitative estimate of drug-likeness (QED) is 0.802. The fourth-order valence-corrected chi connectivity index (χ4v) is 3.12. The summed E-state index contributed by atoms with van der Waals surface area (Å²) in [4.78, 5) is 14.3. The summed E-state index contributed by atoms with van der Waals surface area (Å²) in [6, 6.07) is 10.4. The van der Waals surface area contributed by atoms with E-state index in [-0.39, 0.29) is 12.1 Å². The molecule has 0 atom stereocenters. The molecule has 0 unspecified atom stereocenters. The molecule has 2 fully saturated rings. The molecule has 1 amide bonds. The number of hydrogen-bond acceptors (Lipinski definition) is 4. The van der Waals surface area contributed by atoms with Gasteiger partial charge in [-0.1, -0.05) is 30.3 Å². The normalized spacial score (nSPS) is 17.7. The molecular weight excluding hydrogens is 328 g/mol. The number of allylic oxidation sites excluding steroid dienone is 1. The highest BCUT2D eigenvalue weighted by molar-refractivity contribution is 5.68. The molecule has 5 nitrogen and oxygen atoms in total. The first kappa shape index (κ1) is 18.6. The molecule has 1 saturated carbocycles. The molecule has 1 aliphatic heterocycles. The van der Waals surface area contributed by atoms with Crippen LogP contribution in [0.3, 0.4) is 0 Å². The second kappa shape index (κ2) is 8.02. The van der Waals surface area contributed by atoms with Gasteiger partial charge in [0.2, 0.25) is 0 Å². The minimum atomic E-state index is -0.459. The average molecular weight is 358 g/mol. The third-order valence-corrected chi connectivity index (χ3v) is 4.52. The third kappa shape index (κ3) is 5.68. The zero-order valence-corrected chi connectivity index (χ0v) is 16.1. The van der Waals surface area contributed by atoms with Crippen LogP contribution in [0, 0.1) is 0 Å². The first-order valence-corrected chi connectivity index (χ1v) is 9.54. The number of ether oxygens (including phenoxy) is 2. The fraction of sp³-hybridized carbons (Fsp3) is 0.571. The lowest BCUT2D eigenvalue weighted by molar-refractivity contribution is 0.0454. The van der Waals surface area contributed by atoms with Gasteiger partial charge in [-0.2, -0.15) is 0 Å². The monoisotopic (exact) mass is 358 g/mol. The van der Waals surface area contributed by atoms with Gasteiger partial charge in [0.15, 0.2) is 5.88 Å². The molecule has 142 valence electrons. The van der Waals surface area contributed by atoms with Gasteiger partial charge in [-0.25, -0.2) is 4.79 Å². The van der Waals surface area contributed by atoms with E-state index in [0.717, 1.165) is 44.7 Å². The largest absolute Gasteiger partial charge is 0.474 e. The second-order valence-electron chi connectivity index (χ2n) is 8.09. The number of piperidine rings is 1. The first-order valence-electron chi connectivity index (χ1n) is 9.54. The van der Waals surface area contributed by atoms with E-state index in [1.807, 2.05) is 39.0 Å². The number of benzene rings is 1. The van der Waals surface area contributed by atoms with Crippen LogP contribution in [0.25, 0.3) is 0 Å². The van der Waals surface area contributed by atoms with Crippen LogP contribution in [0.5, 0.6) is 0 Å². The predicted octanol–water partition coefficient (Wildman–Crippen LogP) is 4.20. The summed E-state index contributed by atoms with van der Waals surface area (Å²) in [5.41, 5.74) is 2.15. The van der Waals surface area contributed by atoms with E-state index >= 15 is 0 Å². The molecule has 1 saturated heterocycles. The van der Waals surface area contributed by atoms with Crippen molar-refractivity contribution in [3.63, 3.8) is 0 Å². The lowest BCUT2D eigenvalue weighted by Gasteiger charge is -2.35. The van der Waals surface area contributed by atoms with E-state index in [4.69, 9.17) is 9.47 Å². The molecule has 26 heavy (non-hydrogen) atoms. The Bertz CT molecular complexity index is 635. The predicted molar refractivity (Wildman–Crippen MR) is 101 cm³/mol. The van der Waals surface area contributed by atoms with Crippen molar-refractivity contribution in [3.8, 4) is 0 Å². The van der Waals surface area contributed by atoms with E-state index in [0.29, 0.717) is 6.61 Å². The Hall–Kier alpha value is -2.17. The zero-order valence-electron chi connectivity index (χ0n) is 16.1. The summed E-state index contributed by atoms with van der Waals surface area (Å²) in [6.45, 7) is 8.05. The Morgan fingerprint density at radius 3 is 2.38 bits per heavy atom. The van der Waals surface area contributed by atoms with Crippen molar-refractivity contribution in [2.45, 2.75) is 64.7 Å². The molecule has 3 rings (SSSR count). The van der Waals surface area contributed by atoms with Gasteiger partial charge in [-0.15, -0.1) is 0 Å². The van der Waals surface area contributed by atoms with Gasteiger partial charge in [-0.3, -0.25) is 0 Å². The molecule has 1 heterocycles. The lowest BCUT2D eigenvalue weighted by Crippen LogP contribution is -2.46. The van der Waals surface area contributed by atoms with Crippen LogP contribution >= 0.6 is 0 Å². The molecular formula is C21H30N2O3. The summed E-state index contributed by atoms with van der Waals surface area (Å²) in [7, 11) is 0. The number of alkyl carbamates (subject to hydrolysis) is 1. The zero-order chi connectivity index (χ0) is 18.6. The minimum Gasteiger partial charge on any atom is -0.474 e. The van der Waals surface area contributed by atoms with Gasteiger partial charge in [0.05, 0.1) is 0 Å². The Balaban J connectivity index is 1.48. The number of nitrogens with one attached hydrogen (secondary N) is 1. The maximum atomic E-state index is 11.9. The van der Waals surface area contributed by atoms with E-state index < -0.39 is 5.60 Å². The second-order valence-corrected chi connectivity index (χ2v) is 8.09. The first-order chi connectivity index (χ1) is 12.4. The molecule has 1 aliphatic carbocycles. The van der Waals surface area contributed by atoms with E-state index in [1.165, 1.54) is 11.1 Å². The average Bonchev–Trinajstić information content (AvgIpc) is 3.41. The molecule has 1 aromatic rings. The van der Waals surface area contributed by atoms with Crippen molar-refractivity contribution >= 4 is 6.09 Å². The number of likely N-dealkylation sites (tertiary alicyclic amines) is 1. The van der Waals surface area contributed by atoms with Crippen LogP contribution in [0.1, 0.15) is 52.0 Å². The van der Waals surface area contributed by atoms with E-state index in [1.54, 1.807) is 0 Å². The highest BCUT2D eigenvalue weighted by atomic mass is 16.6. The molecule has 0 aromatic heterocycles. The fourth-order valence-electron chi connectivity index (χ4n) is 3.12. The SMILES string of the molecule is CC(C)(C)OC(=O)NC1CCN(C(OCc2ccccc2)=C2CC2)CC1. The molecule has 1 N–H and O–H groups in total. The topological polar surface area (TPSA) is 50.8 Å². The highest BCUT2D eigenvalue weighted by Gasteiger charge is 2.29. The molecule has 5 heteroatoms. The molecule has 2 aliphatic rings. The lowest BCUT2D eigenvalue weighted by atomic mass is 10.1. The van der Waals surface area contributed by atoms with Crippen LogP contribution in [-0.2, 0) is 16.1 Å². The van der Waals surface area contributed by atoms with Crippen molar-refractivity contribution in [1.29, 1.82) is 0 Å². The summed E-state index contributed by atoms with van der Waals surface area (Å²) in [6.07, 6.45) is 3.77. The van der Waals surface area contributed by atoms with Gasteiger partial charge in [-0.05, 0) is 57.6 Å². The Morgan fingerprint density at radius 2 is 1.81 bits per heavy atom. The minimum absolute atomic E-state index is 0.167. The van der Waals surface area contributed by atoms with Crippen LogP contribution in [0.2, 0.25) is 0 Å². The number of rotatable bonds is 5. The van der Waals surface area contributed by atoms with E-state index in [9.17, 15) is 4.79 Å². The summed E-state index contributed by atoms with van der Waals surface area (Å²) >= 11 is 0. The number of carbonyl (C=O) groups is 1. The van der Waals surface area contributed by atoms with Crippen molar-refractivity contribution in [1.82, 2.24) is 10.2 Å². The Morgan fingerprint density at radius 1 is 1.15 bits per heavy atom. The standard InChI is InChI=1S/C21H30N2O3/c1-21(2,3)26-20(24)22-18-11-13-23(14-12-18)19(17-9-10-17)25-15-16-7-5-4-6-8-16/h4-8,18H,9-15H2,1-3H3,(H,22,24). The van der Waals surface area contributed by atoms with Gasteiger partial charge in [0.25, 0.3) is 0 Å². The summed E-state index contributed by atoms with van der Waals surface area (Å²) in [5, 5.41) is 2.99. The smallest absolute Gasteiger partial charge is 0.407 e. The Kier molecular flexibility index (Phi) is 5.74. The number of carbonyl (C=O) groups excluding carboxylic acids is 1. The van der Waals surface area contributed by atoms with Gasteiger partial charge >= 0.3 is 6.09 Å². The Labute approximate surface area is 156 Å². The number of amides is 1. The summed E-state index contributed by atoms with van der Waals surface area (Å²) in [5.74, 6) is 1.06. The van der Waals surface area contributed by atoms with Crippen LogP contribution in [0.15, 0.2) is 41.8 Å². The molecule has 0 bridgehead atoms. The summed E-state index contributed by atoms with van der Waals surface area (Å²) < 4.78 is 11.5. The maximum absolute atomic E-state index is 11.9. The van der Waals surface area contributed by atoms with Gasteiger partial charge in [0, 0.05) is 19.1 Å². The highest BCUT2D eigenvalue weighted by Crippen LogP contribution is 2.35. The molecule has 0 radical (unpaired) electrons. The van der Waals surface area contributed by atoms with Gasteiger partial charge < -0.3 is 19.7 Å². The van der Waals surface area contributed by atoms with Crippen LogP contribution in [0.4, 0.5) is 4.79 Å². The van der Waals surface area contributed by atoms with Crippen molar-refractivity contribution in [2.75, 3.05) is 13.1 Å². The molecule has 0 spiro atoms. The van der Waals surface area contributed by atoms with E-state index in [2.05, 4.69) is 22.3 Å². The van der Waals surface area contributed by atoms with Crippen LogP contribution in [-0.4, -0.2) is 35.7 Å². The number of hydrogen-bond donors (Lipinski definition) is 1. The van der Waals surface area contributed by atoms with Crippen molar-refractivity contribution in [2.24, 2.45) is 0 Å². The van der Waals surface area contributed by atoms with Crippen LogP contribution < -0.4 is 5.32 Å². The maximum Gasteiger partial charge on any atom is 0.407 e. The number of nitrogens with zero attached hydrogens (tertiary/aromatic N) is 1. The molecule has 1 aromatic carbocycles. The van der Waals surface area contributed by atoms with Crippen molar-refractivity contribution in [3.05, 3.63) is 47.4 Å². The van der Waals surface area contributed by atoms with Gasteiger partial charge in [0.1, 0.15) is 12.2 Å². The van der Waals surface area contributed by atoms with Crippen molar-refractivity contribution < 1.29 is 14.3 Å². The third-order valence-electron chi connectivity index (χ3n) is 4.52.